The number of imidazole rings is 1. The molecule has 3 aromatic rings. The maximum Gasteiger partial charge on any atom is 0.251 e. The standard InChI is InChI=1S/C17H19N5OS/c1-13(12-21-10-3-8-19-21)20-16(23)14-4-6-15(7-5-14)22-11-9-18-17(22)24-2/h3-11,13H,12H2,1-2H3,(H,20,23). The molecule has 0 saturated heterocycles. The van der Waals surface area contributed by atoms with Crippen LogP contribution in [0.15, 0.2) is 60.3 Å². The van der Waals surface area contributed by atoms with Gasteiger partial charge in [0, 0.05) is 42.1 Å². The Labute approximate surface area is 144 Å². The second-order valence-corrected chi connectivity index (χ2v) is 6.21. The third kappa shape index (κ3) is 3.68. The predicted molar refractivity (Wildman–Crippen MR) is 94.5 cm³/mol. The Balaban J connectivity index is 1.65. The quantitative estimate of drug-likeness (QED) is 0.700. The average Bonchev–Trinajstić information content (AvgIpc) is 3.25. The number of benzene rings is 1. The number of amides is 1. The Bertz CT molecular complexity index is 795. The second kappa shape index (κ2) is 7.35. The van der Waals surface area contributed by atoms with Crippen LogP contribution < -0.4 is 5.32 Å². The van der Waals surface area contributed by atoms with Crippen LogP contribution in [0.4, 0.5) is 0 Å². The number of aromatic nitrogens is 4. The Morgan fingerprint density at radius 2 is 2.04 bits per heavy atom. The molecule has 6 nitrogen and oxygen atoms in total. The molecule has 2 aromatic heterocycles. The zero-order valence-corrected chi connectivity index (χ0v) is 14.4. The van der Waals surface area contributed by atoms with Gasteiger partial charge in [-0.25, -0.2) is 4.98 Å². The van der Waals surface area contributed by atoms with Crippen LogP contribution in [-0.2, 0) is 6.54 Å². The molecule has 2 heterocycles. The van der Waals surface area contributed by atoms with Gasteiger partial charge in [-0.15, -0.1) is 0 Å². The molecule has 0 aliphatic carbocycles. The molecule has 0 radical (unpaired) electrons. The lowest BCUT2D eigenvalue weighted by Crippen LogP contribution is -2.35. The van der Waals surface area contributed by atoms with Crippen LogP contribution in [0.1, 0.15) is 17.3 Å². The molecule has 124 valence electrons. The zero-order valence-electron chi connectivity index (χ0n) is 13.6. The molecule has 1 unspecified atom stereocenters. The summed E-state index contributed by atoms with van der Waals surface area (Å²) in [6.45, 7) is 2.60. The van der Waals surface area contributed by atoms with Crippen LogP contribution in [0, 0.1) is 0 Å². The molecule has 0 bridgehead atoms. The van der Waals surface area contributed by atoms with Crippen molar-refractivity contribution in [3.05, 3.63) is 60.7 Å². The van der Waals surface area contributed by atoms with Crippen molar-refractivity contribution in [1.82, 2.24) is 24.6 Å². The van der Waals surface area contributed by atoms with Crippen LogP contribution in [0.2, 0.25) is 0 Å². The van der Waals surface area contributed by atoms with Gasteiger partial charge in [-0.3, -0.25) is 14.0 Å². The van der Waals surface area contributed by atoms with E-state index < -0.39 is 0 Å². The van der Waals surface area contributed by atoms with Crippen LogP contribution in [-0.4, -0.2) is 37.5 Å². The molecular weight excluding hydrogens is 322 g/mol. The van der Waals surface area contributed by atoms with Gasteiger partial charge in [0.2, 0.25) is 0 Å². The van der Waals surface area contributed by atoms with Gasteiger partial charge in [0.1, 0.15) is 0 Å². The highest BCUT2D eigenvalue weighted by atomic mass is 32.2. The molecule has 1 atom stereocenters. The summed E-state index contributed by atoms with van der Waals surface area (Å²) in [5, 5.41) is 8.05. The Morgan fingerprint density at radius 3 is 2.71 bits per heavy atom. The van der Waals surface area contributed by atoms with E-state index in [-0.39, 0.29) is 11.9 Å². The Hall–Kier alpha value is -2.54. The first-order chi connectivity index (χ1) is 11.7. The minimum atomic E-state index is -0.0862. The highest BCUT2D eigenvalue weighted by molar-refractivity contribution is 7.98. The molecule has 24 heavy (non-hydrogen) atoms. The Morgan fingerprint density at radius 1 is 1.25 bits per heavy atom. The SMILES string of the molecule is CSc1nccn1-c1ccc(C(=O)NC(C)Cn2cccn2)cc1. The maximum atomic E-state index is 12.3. The van der Waals surface area contributed by atoms with Crippen LogP contribution >= 0.6 is 11.8 Å². The van der Waals surface area contributed by atoms with Gasteiger partial charge in [0.15, 0.2) is 5.16 Å². The van der Waals surface area contributed by atoms with Crippen molar-refractivity contribution in [2.45, 2.75) is 24.7 Å². The summed E-state index contributed by atoms with van der Waals surface area (Å²) in [4.78, 5) is 16.6. The van der Waals surface area contributed by atoms with Crippen molar-refractivity contribution in [2.75, 3.05) is 6.26 Å². The molecule has 1 aromatic carbocycles. The van der Waals surface area contributed by atoms with Gasteiger partial charge in [-0.2, -0.15) is 5.10 Å². The molecule has 7 heteroatoms. The van der Waals surface area contributed by atoms with Crippen molar-refractivity contribution >= 4 is 17.7 Å². The number of thioether (sulfide) groups is 1. The largest absolute Gasteiger partial charge is 0.348 e. The van der Waals surface area contributed by atoms with Crippen molar-refractivity contribution in [3.8, 4) is 5.69 Å². The third-order valence-corrected chi connectivity index (χ3v) is 4.26. The highest BCUT2D eigenvalue weighted by Crippen LogP contribution is 2.18. The number of carbonyl (C=O) groups is 1. The van der Waals surface area contributed by atoms with E-state index in [9.17, 15) is 4.79 Å². The van der Waals surface area contributed by atoms with Gasteiger partial charge >= 0.3 is 0 Å². The van der Waals surface area contributed by atoms with E-state index in [1.54, 1.807) is 28.8 Å². The molecule has 0 saturated carbocycles. The number of nitrogens with one attached hydrogen (secondary N) is 1. The molecule has 0 fully saturated rings. The highest BCUT2D eigenvalue weighted by Gasteiger charge is 2.11. The normalized spacial score (nSPS) is 12.1. The molecule has 1 N–H and O–H groups in total. The third-order valence-electron chi connectivity index (χ3n) is 3.59. The lowest BCUT2D eigenvalue weighted by molar-refractivity contribution is 0.0936. The molecule has 0 aliphatic heterocycles. The van der Waals surface area contributed by atoms with E-state index in [0.29, 0.717) is 12.1 Å². The number of hydrogen-bond acceptors (Lipinski definition) is 4. The zero-order chi connectivity index (χ0) is 16.9. The molecule has 0 spiro atoms. The monoisotopic (exact) mass is 341 g/mol. The van der Waals surface area contributed by atoms with E-state index in [1.165, 1.54) is 0 Å². The van der Waals surface area contributed by atoms with Crippen LogP contribution in [0.25, 0.3) is 5.69 Å². The number of carbonyl (C=O) groups excluding carboxylic acids is 1. The fraction of sp³-hybridized carbons (Fsp3) is 0.235. The predicted octanol–water partition coefficient (Wildman–Crippen LogP) is 2.61. The number of rotatable bonds is 6. The lowest BCUT2D eigenvalue weighted by atomic mass is 10.2. The summed E-state index contributed by atoms with van der Waals surface area (Å²) in [7, 11) is 0. The fourth-order valence-corrected chi connectivity index (χ4v) is 2.98. The van der Waals surface area contributed by atoms with Crippen LogP contribution in [0.3, 0.4) is 0 Å². The number of nitrogens with zero attached hydrogens (tertiary/aromatic N) is 4. The summed E-state index contributed by atoms with van der Waals surface area (Å²) < 4.78 is 3.80. The number of hydrogen-bond donors (Lipinski definition) is 1. The summed E-state index contributed by atoms with van der Waals surface area (Å²) in [5.41, 5.74) is 1.62. The lowest BCUT2D eigenvalue weighted by Gasteiger charge is -2.14. The van der Waals surface area contributed by atoms with Gasteiger partial charge in [-0.05, 0) is 43.5 Å². The van der Waals surface area contributed by atoms with Gasteiger partial charge in [0.05, 0.1) is 6.54 Å². The summed E-state index contributed by atoms with van der Waals surface area (Å²) in [5.74, 6) is -0.0862. The summed E-state index contributed by atoms with van der Waals surface area (Å²) >= 11 is 1.58. The minimum Gasteiger partial charge on any atom is -0.348 e. The van der Waals surface area contributed by atoms with Crippen molar-refractivity contribution < 1.29 is 4.79 Å². The van der Waals surface area contributed by atoms with Crippen molar-refractivity contribution in [2.24, 2.45) is 0 Å². The van der Waals surface area contributed by atoms with E-state index in [0.717, 1.165) is 10.8 Å². The average molecular weight is 341 g/mol. The first kappa shape index (κ1) is 16.3. The van der Waals surface area contributed by atoms with E-state index >= 15 is 0 Å². The van der Waals surface area contributed by atoms with E-state index in [4.69, 9.17) is 0 Å². The summed E-state index contributed by atoms with van der Waals surface area (Å²) in [6, 6.07) is 9.37. The van der Waals surface area contributed by atoms with Crippen molar-refractivity contribution in [3.63, 3.8) is 0 Å². The van der Waals surface area contributed by atoms with E-state index in [2.05, 4.69) is 15.4 Å². The van der Waals surface area contributed by atoms with Gasteiger partial charge in [0.25, 0.3) is 5.91 Å². The molecular formula is C17H19N5OS. The maximum absolute atomic E-state index is 12.3. The van der Waals surface area contributed by atoms with Gasteiger partial charge in [-0.1, -0.05) is 11.8 Å². The summed E-state index contributed by atoms with van der Waals surface area (Å²) in [6.07, 6.45) is 9.27. The molecule has 1 amide bonds. The first-order valence-electron chi connectivity index (χ1n) is 7.63. The topological polar surface area (TPSA) is 64.7 Å². The Kier molecular flexibility index (Phi) is 5.00. The van der Waals surface area contributed by atoms with Crippen LogP contribution in [0.5, 0.6) is 0 Å². The van der Waals surface area contributed by atoms with Gasteiger partial charge < -0.3 is 5.32 Å². The van der Waals surface area contributed by atoms with Crippen molar-refractivity contribution in [1.29, 1.82) is 0 Å². The fourth-order valence-electron chi connectivity index (χ4n) is 2.45. The smallest absolute Gasteiger partial charge is 0.251 e. The van der Waals surface area contributed by atoms with E-state index in [1.807, 2.05) is 60.5 Å². The molecule has 3 rings (SSSR count). The second-order valence-electron chi connectivity index (χ2n) is 5.43. The molecule has 0 aliphatic rings. The minimum absolute atomic E-state index is 0.00572. The first-order valence-corrected chi connectivity index (χ1v) is 8.86.